The lowest BCUT2D eigenvalue weighted by Gasteiger charge is -2.18. The summed E-state index contributed by atoms with van der Waals surface area (Å²) in [5.41, 5.74) is 0. The highest BCUT2D eigenvalue weighted by Crippen LogP contribution is 2.14. The fourth-order valence-electron chi connectivity index (χ4n) is 7.20. The number of rotatable bonds is 48. The standard InChI is InChI=1S/C60H100O6/c1-4-7-10-13-16-19-22-25-27-29-30-32-33-35-38-41-44-47-50-53-59(62)65-56-57(55-64-58(61)52-49-46-43-40-37-24-21-18-15-12-9-6-3)66-60(63)54-51-48-45-42-39-36-34-31-28-26-23-20-17-14-11-8-5-2/h7,10,16-21,25-28,30,32,35,38,57H,4-6,8-9,11-15,22-24,29,31,33-34,36-37,39-56H2,1-3H3/b10-7-,19-16-,20-17-,21-18-,27-25-,28-26-,32-30-,38-35-/t57-/m1/s1. The second-order valence-corrected chi connectivity index (χ2v) is 17.7. The van der Waals surface area contributed by atoms with Crippen molar-refractivity contribution < 1.29 is 28.6 Å². The second kappa shape index (κ2) is 53.9. The van der Waals surface area contributed by atoms with E-state index < -0.39 is 6.10 Å². The van der Waals surface area contributed by atoms with Crippen molar-refractivity contribution in [3.8, 4) is 0 Å². The molecule has 66 heavy (non-hydrogen) atoms. The lowest BCUT2D eigenvalue weighted by Crippen LogP contribution is -2.30. The van der Waals surface area contributed by atoms with Crippen LogP contribution in [0.15, 0.2) is 97.2 Å². The van der Waals surface area contributed by atoms with E-state index >= 15 is 0 Å². The minimum atomic E-state index is -0.799. The summed E-state index contributed by atoms with van der Waals surface area (Å²) in [5.74, 6) is -0.947. The molecule has 0 aromatic carbocycles. The lowest BCUT2D eigenvalue weighted by molar-refractivity contribution is -0.167. The lowest BCUT2D eigenvalue weighted by atomic mass is 10.1. The molecule has 0 rings (SSSR count). The van der Waals surface area contributed by atoms with Crippen LogP contribution in [0, 0.1) is 0 Å². The Kier molecular flexibility index (Phi) is 50.9. The normalized spacial score (nSPS) is 12.8. The number of unbranched alkanes of at least 4 members (excludes halogenated alkanes) is 21. The van der Waals surface area contributed by atoms with E-state index in [1.165, 1.54) is 83.5 Å². The zero-order valence-electron chi connectivity index (χ0n) is 42.9. The van der Waals surface area contributed by atoms with Gasteiger partial charge in [-0.15, -0.1) is 0 Å². The Bertz CT molecular complexity index is 1330. The molecule has 0 fully saturated rings. The van der Waals surface area contributed by atoms with Gasteiger partial charge in [-0.3, -0.25) is 14.4 Å². The van der Waals surface area contributed by atoms with Gasteiger partial charge in [-0.1, -0.05) is 201 Å². The molecular formula is C60H100O6. The maximum atomic E-state index is 12.8. The maximum absolute atomic E-state index is 12.8. The van der Waals surface area contributed by atoms with E-state index in [1.807, 2.05) is 0 Å². The molecule has 0 radical (unpaired) electrons. The van der Waals surface area contributed by atoms with Gasteiger partial charge in [0, 0.05) is 19.3 Å². The van der Waals surface area contributed by atoms with Crippen molar-refractivity contribution in [1.29, 1.82) is 0 Å². The first-order chi connectivity index (χ1) is 32.5. The van der Waals surface area contributed by atoms with E-state index in [1.54, 1.807) is 0 Å². The Morgan fingerprint density at radius 1 is 0.318 bits per heavy atom. The van der Waals surface area contributed by atoms with Crippen molar-refractivity contribution >= 4 is 17.9 Å². The molecule has 0 aromatic rings. The van der Waals surface area contributed by atoms with E-state index in [0.29, 0.717) is 19.3 Å². The molecule has 0 amide bonds. The number of hydrogen-bond donors (Lipinski definition) is 0. The predicted molar refractivity (Wildman–Crippen MR) is 284 cm³/mol. The molecule has 0 aromatic heterocycles. The van der Waals surface area contributed by atoms with Crippen LogP contribution < -0.4 is 0 Å². The van der Waals surface area contributed by atoms with Crippen LogP contribution in [-0.4, -0.2) is 37.2 Å². The summed E-state index contributed by atoms with van der Waals surface area (Å²) < 4.78 is 16.8. The number of hydrogen-bond acceptors (Lipinski definition) is 6. The highest BCUT2D eigenvalue weighted by Gasteiger charge is 2.19. The van der Waals surface area contributed by atoms with Crippen molar-refractivity contribution in [2.45, 2.75) is 252 Å². The molecule has 0 unspecified atom stereocenters. The third-order valence-electron chi connectivity index (χ3n) is 11.3. The third-order valence-corrected chi connectivity index (χ3v) is 11.3. The van der Waals surface area contributed by atoms with Gasteiger partial charge in [0.15, 0.2) is 6.10 Å². The van der Waals surface area contributed by atoms with E-state index in [9.17, 15) is 14.4 Å². The number of esters is 3. The summed E-state index contributed by atoms with van der Waals surface area (Å²) >= 11 is 0. The summed E-state index contributed by atoms with van der Waals surface area (Å²) in [5, 5.41) is 0. The van der Waals surface area contributed by atoms with E-state index in [0.717, 1.165) is 122 Å². The zero-order valence-corrected chi connectivity index (χ0v) is 42.9. The minimum Gasteiger partial charge on any atom is -0.462 e. The Labute approximate surface area is 407 Å². The topological polar surface area (TPSA) is 78.9 Å². The first-order valence-corrected chi connectivity index (χ1v) is 27.2. The van der Waals surface area contributed by atoms with Gasteiger partial charge in [-0.25, -0.2) is 0 Å². The average molecular weight is 917 g/mol. The van der Waals surface area contributed by atoms with Crippen molar-refractivity contribution in [2.24, 2.45) is 0 Å². The summed E-state index contributed by atoms with van der Waals surface area (Å²) in [6.45, 7) is 6.43. The molecule has 0 aliphatic carbocycles. The van der Waals surface area contributed by atoms with Gasteiger partial charge in [0.05, 0.1) is 0 Å². The largest absolute Gasteiger partial charge is 0.462 e. The molecule has 0 heterocycles. The van der Waals surface area contributed by atoms with Crippen LogP contribution >= 0.6 is 0 Å². The van der Waals surface area contributed by atoms with Crippen molar-refractivity contribution in [3.05, 3.63) is 97.2 Å². The van der Waals surface area contributed by atoms with Gasteiger partial charge in [0.1, 0.15) is 13.2 Å². The zero-order chi connectivity index (χ0) is 47.9. The van der Waals surface area contributed by atoms with Gasteiger partial charge in [-0.05, 0) is 122 Å². The smallest absolute Gasteiger partial charge is 0.306 e. The molecule has 0 aliphatic heterocycles. The van der Waals surface area contributed by atoms with Gasteiger partial charge in [0.2, 0.25) is 0 Å². The number of carbonyl (C=O) groups is 3. The van der Waals surface area contributed by atoms with Crippen molar-refractivity contribution in [2.75, 3.05) is 13.2 Å². The van der Waals surface area contributed by atoms with Crippen LogP contribution in [-0.2, 0) is 28.6 Å². The van der Waals surface area contributed by atoms with E-state index in [4.69, 9.17) is 14.2 Å². The average Bonchev–Trinajstić information content (AvgIpc) is 3.31. The highest BCUT2D eigenvalue weighted by molar-refractivity contribution is 5.71. The van der Waals surface area contributed by atoms with Crippen LogP contribution in [0.5, 0.6) is 0 Å². The first-order valence-electron chi connectivity index (χ1n) is 27.2. The van der Waals surface area contributed by atoms with Crippen LogP contribution in [0.25, 0.3) is 0 Å². The molecule has 0 bridgehead atoms. The summed E-state index contributed by atoms with van der Waals surface area (Å²) in [7, 11) is 0. The Morgan fingerprint density at radius 3 is 0.955 bits per heavy atom. The van der Waals surface area contributed by atoms with E-state index in [-0.39, 0.29) is 31.1 Å². The first kappa shape index (κ1) is 62.3. The summed E-state index contributed by atoms with van der Waals surface area (Å²) in [6.07, 6.45) is 71.0. The number of carbonyl (C=O) groups excluding carboxylic acids is 3. The second-order valence-electron chi connectivity index (χ2n) is 17.7. The maximum Gasteiger partial charge on any atom is 0.306 e. The number of allylic oxidation sites excluding steroid dienone is 16. The molecule has 6 nitrogen and oxygen atoms in total. The quantitative estimate of drug-likeness (QED) is 0.0262. The fraction of sp³-hybridized carbons (Fsp3) is 0.683. The predicted octanol–water partition coefficient (Wildman–Crippen LogP) is 18.1. The number of ether oxygens (including phenoxy) is 3. The van der Waals surface area contributed by atoms with E-state index in [2.05, 4.69) is 118 Å². The highest BCUT2D eigenvalue weighted by atomic mass is 16.6. The molecule has 0 saturated heterocycles. The molecule has 0 aliphatic rings. The van der Waals surface area contributed by atoms with Crippen LogP contribution in [0.1, 0.15) is 245 Å². The Morgan fingerprint density at radius 2 is 0.591 bits per heavy atom. The SMILES string of the molecule is CC/C=C\C/C=C\C/C=C\C/C=C\C/C=C\CCCCCC(=O)OC[C@@H](COC(=O)CCCCCCC/C=C\CCCCC)OC(=O)CCCCCCCCC/C=C\C/C=C\CCCCC. The van der Waals surface area contributed by atoms with Gasteiger partial charge in [0.25, 0.3) is 0 Å². The summed E-state index contributed by atoms with van der Waals surface area (Å²) in [4.78, 5) is 38.1. The van der Waals surface area contributed by atoms with Crippen LogP contribution in [0.3, 0.4) is 0 Å². The Hall–Kier alpha value is -3.67. The minimum absolute atomic E-state index is 0.0966. The van der Waals surface area contributed by atoms with Gasteiger partial charge in [-0.2, -0.15) is 0 Å². The molecular weight excluding hydrogens is 817 g/mol. The molecule has 0 N–H and O–H groups in total. The fourth-order valence-corrected chi connectivity index (χ4v) is 7.20. The van der Waals surface area contributed by atoms with Gasteiger partial charge < -0.3 is 14.2 Å². The molecule has 1 atom stereocenters. The molecule has 0 spiro atoms. The molecule has 0 saturated carbocycles. The summed E-state index contributed by atoms with van der Waals surface area (Å²) in [6, 6.07) is 0. The monoisotopic (exact) mass is 917 g/mol. The third kappa shape index (κ3) is 51.3. The Balaban J connectivity index is 4.46. The van der Waals surface area contributed by atoms with Crippen molar-refractivity contribution in [1.82, 2.24) is 0 Å². The van der Waals surface area contributed by atoms with Gasteiger partial charge >= 0.3 is 17.9 Å². The molecule has 6 heteroatoms. The van der Waals surface area contributed by atoms with Crippen LogP contribution in [0.2, 0.25) is 0 Å². The van der Waals surface area contributed by atoms with Crippen molar-refractivity contribution in [3.63, 3.8) is 0 Å². The van der Waals surface area contributed by atoms with Crippen LogP contribution in [0.4, 0.5) is 0 Å². The molecule has 376 valence electrons.